The number of halogens is 1. The Labute approximate surface area is 195 Å². The van der Waals surface area contributed by atoms with Gasteiger partial charge in [0.25, 0.3) is 5.91 Å². The van der Waals surface area contributed by atoms with Gasteiger partial charge in [0.05, 0.1) is 17.7 Å². The summed E-state index contributed by atoms with van der Waals surface area (Å²) < 4.78 is 11.9. The van der Waals surface area contributed by atoms with Crippen molar-refractivity contribution in [2.45, 2.75) is 6.61 Å². The molecule has 0 bridgehead atoms. The van der Waals surface area contributed by atoms with E-state index in [9.17, 15) is 4.79 Å². The summed E-state index contributed by atoms with van der Waals surface area (Å²) in [5.41, 5.74) is 2.54. The van der Waals surface area contributed by atoms with Gasteiger partial charge in [-0.1, -0.05) is 78.0 Å². The van der Waals surface area contributed by atoms with Crippen molar-refractivity contribution in [1.82, 2.24) is 0 Å². The number of nitrogens with zero attached hydrogens (tertiary/aromatic N) is 1. The Morgan fingerprint density at radius 2 is 1.84 bits per heavy atom. The average Bonchev–Trinajstić information content (AvgIpc) is 3.06. The summed E-state index contributed by atoms with van der Waals surface area (Å²) >= 11 is 12.8. The molecule has 4 rings (SSSR count). The lowest BCUT2D eigenvalue weighted by atomic mass is 10.1. The van der Waals surface area contributed by atoms with E-state index in [1.54, 1.807) is 31.4 Å². The maximum absolute atomic E-state index is 13.0. The summed E-state index contributed by atoms with van der Waals surface area (Å²) in [5, 5.41) is 0.548. The third-order valence-electron chi connectivity index (χ3n) is 4.58. The Hall–Kier alpha value is -2.80. The average molecular weight is 468 g/mol. The zero-order valence-electron chi connectivity index (χ0n) is 16.6. The Morgan fingerprint density at radius 1 is 1.03 bits per heavy atom. The first-order valence-electron chi connectivity index (χ1n) is 9.43. The second-order valence-corrected chi connectivity index (χ2v) is 8.79. The van der Waals surface area contributed by atoms with Crippen molar-refractivity contribution >= 4 is 57.6 Å². The molecule has 1 aliphatic heterocycles. The maximum atomic E-state index is 13.0. The van der Waals surface area contributed by atoms with Gasteiger partial charge < -0.3 is 9.47 Å². The zero-order chi connectivity index (χ0) is 21.8. The van der Waals surface area contributed by atoms with E-state index in [-0.39, 0.29) is 5.91 Å². The highest BCUT2D eigenvalue weighted by molar-refractivity contribution is 8.27. The lowest BCUT2D eigenvalue weighted by Gasteiger charge is -2.14. The summed E-state index contributed by atoms with van der Waals surface area (Å²) in [7, 11) is 1.59. The topological polar surface area (TPSA) is 38.8 Å². The van der Waals surface area contributed by atoms with Gasteiger partial charge in [-0.15, -0.1) is 0 Å². The molecule has 7 heteroatoms. The number of amides is 1. The lowest BCUT2D eigenvalue weighted by Crippen LogP contribution is -2.27. The van der Waals surface area contributed by atoms with Crippen LogP contribution in [0.3, 0.4) is 0 Å². The predicted octanol–water partition coefficient (Wildman–Crippen LogP) is 6.33. The van der Waals surface area contributed by atoms with Gasteiger partial charge in [-0.2, -0.15) is 0 Å². The van der Waals surface area contributed by atoms with Crippen molar-refractivity contribution < 1.29 is 14.3 Å². The predicted molar refractivity (Wildman–Crippen MR) is 131 cm³/mol. The highest BCUT2D eigenvalue weighted by Gasteiger charge is 2.33. The molecular weight excluding hydrogens is 450 g/mol. The molecule has 0 unspecified atom stereocenters. The van der Waals surface area contributed by atoms with Gasteiger partial charge in [0.1, 0.15) is 6.61 Å². The molecule has 31 heavy (non-hydrogen) atoms. The molecule has 3 aromatic carbocycles. The van der Waals surface area contributed by atoms with Crippen molar-refractivity contribution in [2.24, 2.45) is 0 Å². The molecule has 0 saturated carbocycles. The van der Waals surface area contributed by atoms with Gasteiger partial charge in [-0.3, -0.25) is 9.69 Å². The van der Waals surface area contributed by atoms with E-state index in [0.717, 1.165) is 11.1 Å². The van der Waals surface area contributed by atoms with Gasteiger partial charge in [-0.25, -0.2) is 0 Å². The third-order valence-corrected chi connectivity index (χ3v) is 6.12. The number of rotatable bonds is 6. The van der Waals surface area contributed by atoms with E-state index in [1.807, 2.05) is 54.6 Å². The summed E-state index contributed by atoms with van der Waals surface area (Å²) in [6.45, 7) is 0.439. The molecule has 0 aromatic heterocycles. The zero-order valence-corrected chi connectivity index (χ0v) is 19.0. The lowest BCUT2D eigenvalue weighted by molar-refractivity contribution is -0.113. The van der Waals surface area contributed by atoms with Crippen molar-refractivity contribution in [2.75, 3.05) is 12.0 Å². The molecule has 0 atom stereocenters. The van der Waals surface area contributed by atoms with E-state index in [0.29, 0.717) is 38.0 Å². The molecule has 1 heterocycles. The van der Waals surface area contributed by atoms with Crippen LogP contribution in [-0.2, 0) is 11.4 Å². The van der Waals surface area contributed by atoms with Crippen molar-refractivity contribution in [3.63, 3.8) is 0 Å². The van der Waals surface area contributed by atoms with Gasteiger partial charge in [0, 0.05) is 5.02 Å². The Kier molecular flexibility index (Phi) is 6.61. The molecule has 0 aliphatic carbocycles. The smallest absolute Gasteiger partial charge is 0.270 e. The van der Waals surface area contributed by atoms with Crippen LogP contribution in [0.4, 0.5) is 5.69 Å². The van der Waals surface area contributed by atoms with Crippen LogP contribution in [0.25, 0.3) is 6.08 Å². The molecule has 156 valence electrons. The monoisotopic (exact) mass is 467 g/mol. The van der Waals surface area contributed by atoms with E-state index in [4.69, 9.17) is 33.3 Å². The number of ether oxygens (including phenoxy) is 2. The first kappa shape index (κ1) is 21.4. The number of methoxy groups -OCH3 is 1. The second kappa shape index (κ2) is 9.56. The highest BCUT2D eigenvalue weighted by atomic mass is 35.5. The molecule has 0 spiro atoms. The number of carbonyl (C=O) groups excluding carboxylic acids is 1. The molecule has 0 N–H and O–H groups in total. The molecule has 1 fully saturated rings. The molecule has 1 saturated heterocycles. The maximum Gasteiger partial charge on any atom is 0.270 e. The minimum atomic E-state index is -0.180. The second-order valence-electron chi connectivity index (χ2n) is 6.68. The number of hydrogen-bond acceptors (Lipinski definition) is 5. The Bertz CT molecular complexity index is 1160. The minimum Gasteiger partial charge on any atom is -0.493 e. The van der Waals surface area contributed by atoms with E-state index < -0.39 is 0 Å². The fourth-order valence-corrected chi connectivity index (χ4v) is 4.57. The SMILES string of the molecule is COc1cc(/C=C2/SC(=S)N(c3cccc(Cl)c3)C2=O)ccc1OCc1ccccc1. The highest BCUT2D eigenvalue weighted by Crippen LogP contribution is 2.37. The van der Waals surface area contributed by atoms with Crippen molar-refractivity contribution in [3.8, 4) is 11.5 Å². The third kappa shape index (κ3) is 4.93. The number of thiocarbonyl (C=S) groups is 1. The van der Waals surface area contributed by atoms with Crippen molar-refractivity contribution in [1.29, 1.82) is 0 Å². The van der Waals surface area contributed by atoms with Crippen molar-refractivity contribution in [3.05, 3.63) is 93.9 Å². The van der Waals surface area contributed by atoms with Gasteiger partial charge >= 0.3 is 0 Å². The summed E-state index contributed by atoms with van der Waals surface area (Å²) in [6.07, 6.45) is 1.80. The van der Waals surface area contributed by atoms with Crippen LogP contribution in [0.5, 0.6) is 11.5 Å². The van der Waals surface area contributed by atoms with Crippen LogP contribution >= 0.6 is 35.6 Å². The standard InChI is InChI=1S/C24H18ClNO3S2/c1-28-21-12-17(10-11-20(21)29-15-16-6-3-2-4-7-16)13-22-23(27)26(24(30)31-22)19-9-5-8-18(25)14-19/h2-14H,15H2,1H3/b22-13+. The van der Waals surface area contributed by atoms with Crippen LogP contribution < -0.4 is 14.4 Å². The normalized spacial score (nSPS) is 14.9. The van der Waals surface area contributed by atoms with Gasteiger partial charge in [0.15, 0.2) is 15.8 Å². The first-order valence-corrected chi connectivity index (χ1v) is 11.0. The molecule has 0 radical (unpaired) electrons. The summed E-state index contributed by atoms with van der Waals surface area (Å²) in [4.78, 5) is 15.0. The van der Waals surface area contributed by atoms with E-state index >= 15 is 0 Å². The fraction of sp³-hybridized carbons (Fsp3) is 0.0833. The molecular formula is C24H18ClNO3S2. The van der Waals surface area contributed by atoms with Crippen LogP contribution in [0.15, 0.2) is 77.7 Å². The van der Waals surface area contributed by atoms with Gasteiger partial charge in [0.2, 0.25) is 0 Å². The largest absolute Gasteiger partial charge is 0.493 e. The number of benzene rings is 3. The van der Waals surface area contributed by atoms with Gasteiger partial charge in [-0.05, 0) is 47.5 Å². The van der Waals surface area contributed by atoms with Crippen LogP contribution in [0.2, 0.25) is 5.02 Å². The number of hydrogen-bond donors (Lipinski definition) is 0. The molecule has 1 aliphatic rings. The minimum absolute atomic E-state index is 0.180. The molecule has 4 nitrogen and oxygen atoms in total. The molecule has 1 amide bonds. The number of carbonyl (C=O) groups is 1. The number of thioether (sulfide) groups is 1. The van der Waals surface area contributed by atoms with E-state index in [1.165, 1.54) is 16.7 Å². The summed E-state index contributed by atoms with van der Waals surface area (Å²) in [5.74, 6) is 1.05. The Morgan fingerprint density at radius 3 is 2.58 bits per heavy atom. The molecule has 3 aromatic rings. The Balaban J connectivity index is 1.54. The van der Waals surface area contributed by atoms with Crippen LogP contribution in [0.1, 0.15) is 11.1 Å². The fourth-order valence-electron chi connectivity index (χ4n) is 3.09. The quantitative estimate of drug-likeness (QED) is 0.312. The van der Waals surface area contributed by atoms with E-state index in [2.05, 4.69) is 0 Å². The van der Waals surface area contributed by atoms with Crippen LogP contribution in [-0.4, -0.2) is 17.3 Å². The van der Waals surface area contributed by atoms with Crippen LogP contribution in [0, 0.1) is 0 Å². The first-order chi connectivity index (χ1) is 15.0. The summed E-state index contributed by atoms with van der Waals surface area (Å²) in [6, 6.07) is 22.5. The number of anilines is 1.